The molecule has 10 nitrogen and oxygen atoms in total. The van der Waals surface area contributed by atoms with Gasteiger partial charge in [-0.1, -0.05) is 0 Å². The summed E-state index contributed by atoms with van der Waals surface area (Å²) in [5, 5.41) is 14.6. The molecule has 1 saturated carbocycles. The van der Waals surface area contributed by atoms with Crippen molar-refractivity contribution in [2.24, 2.45) is 5.92 Å². The molecule has 220 valence electrons. The summed E-state index contributed by atoms with van der Waals surface area (Å²) < 4.78 is 40.8. The fourth-order valence-electron chi connectivity index (χ4n) is 5.69. The minimum absolute atomic E-state index is 0.000342. The normalized spacial score (nSPS) is 18.6. The van der Waals surface area contributed by atoms with Gasteiger partial charge in [-0.3, -0.25) is 14.5 Å². The van der Waals surface area contributed by atoms with E-state index in [9.17, 15) is 27.6 Å². The molecule has 14 heteroatoms. The molecule has 1 aromatic heterocycles. The Labute approximate surface area is 245 Å². The van der Waals surface area contributed by atoms with E-state index in [4.69, 9.17) is 17.5 Å². The van der Waals surface area contributed by atoms with E-state index in [1.165, 1.54) is 6.07 Å². The van der Waals surface area contributed by atoms with Crippen LogP contribution in [-0.4, -0.2) is 65.1 Å². The summed E-state index contributed by atoms with van der Waals surface area (Å²) in [6.45, 7) is 1.72. The molecule has 0 unspecified atom stereocenters. The van der Waals surface area contributed by atoms with Crippen molar-refractivity contribution in [3.8, 4) is 6.07 Å². The molecule has 1 spiro atoms. The number of hydrogen-bond donors (Lipinski definition) is 2. The Balaban J connectivity index is 1.31. The SMILES string of the molecule is CNC(=O)N1CCC(CNC(=O)c2ccc(N3C(=S)N(c4cnc(C#N)c(C(F)(F)F)c4)C(=O)C34CCC4)cc2)CC1. The number of hydrogen-bond acceptors (Lipinski definition) is 6. The number of nitrogens with zero attached hydrogens (tertiary/aromatic N) is 5. The number of halogens is 3. The van der Waals surface area contributed by atoms with Gasteiger partial charge in [0, 0.05) is 37.9 Å². The molecule has 2 aromatic rings. The smallest absolute Gasteiger partial charge is 0.352 e. The lowest BCUT2D eigenvalue weighted by molar-refractivity contribution is -0.138. The minimum Gasteiger partial charge on any atom is -0.352 e. The van der Waals surface area contributed by atoms with Gasteiger partial charge in [0.15, 0.2) is 10.8 Å². The van der Waals surface area contributed by atoms with Crippen LogP contribution in [0.3, 0.4) is 0 Å². The molecule has 3 fully saturated rings. The van der Waals surface area contributed by atoms with Crippen molar-refractivity contribution >= 4 is 46.6 Å². The first-order valence-corrected chi connectivity index (χ1v) is 13.9. The summed E-state index contributed by atoms with van der Waals surface area (Å²) in [6.07, 6.45) is -0.579. The Morgan fingerprint density at radius 3 is 2.38 bits per heavy atom. The first-order chi connectivity index (χ1) is 20.0. The van der Waals surface area contributed by atoms with Gasteiger partial charge in [-0.05, 0) is 80.6 Å². The van der Waals surface area contributed by atoms with Crippen molar-refractivity contribution in [1.82, 2.24) is 20.5 Å². The third-order valence-corrected chi connectivity index (χ3v) is 8.56. The topological polar surface area (TPSA) is 122 Å². The molecular formula is C28H28F3N7O3S. The maximum absolute atomic E-state index is 13.6. The van der Waals surface area contributed by atoms with Crippen LogP contribution in [-0.2, 0) is 11.0 Å². The van der Waals surface area contributed by atoms with Gasteiger partial charge in [0.1, 0.15) is 11.6 Å². The van der Waals surface area contributed by atoms with E-state index in [1.54, 1.807) is 41.1 Å². The van der Waals surface area contributed by atoms with Crippen LogP contribution in [0.5, 0.6) is 0 Å². The highest BCUT2D eigenvalue weighted by atomic mass is 32.1. The molecule has 3 heterocycles. The van der Waals surface area contributed by atoms with Crippen LogP contribution in [0.1, 0.15) is 53.7 Å². The van der Waals surface area contributed by atoms with E-state index in [0.717, 1.165) is 36.4 Å². The number of rotatable bonds is 5. The first-order valence-electron chi connectivity index (χ1n) is 13.5. The number of carbonyl (C=O) groups excluding carboxylic acids is 3. The first kappa shape index (κ1) is 29.2. The summed E-state index contributed by atoms with van der Waals surface area (Å²) >= 11 is 5.63. The zero-order valence-electron chi connectivity index (χ0n) is 22.7. The van der Waals surface area contributed by atoms with Crippen molar-refractivity contribution in [2.75, 3.05) is 36.5 Å². The van der Waals surface area contributed by atoms with E-state index < -0.39 is 28.9 Å². The van der Waals surface area contributed by atoms with Gasteiger partial charge in [0.2, 0.25) is 0 Å². The number of nitrogens with one attached hydrogen (secondary N) is 2. The predicted molar refractivity (Wildman–Crippen MR) is 151 cm³/mol. The van der Waals surface area contributed by atoms with Gasteiger partial charge in [0.25, 0.3) is 11.8 Å². The predicted octanol–water partition coefficient (Wildman–Crippen LogP) is 3.81. The van der Waals surface area contributed by atoms with Gasteiger partial charge < -0.3 is 20.4 Å². The van der Waals surface area contributed by atoms with E-state index in [0.29, 0.717) is 43.7 Å². The molecule has 4 amide bonds. The number of nitriles is 1. The van der Waals surface area contributed by atoms with Crippen molar-refractivity contribution in [1.29, 1.82) is 5.26 Å². The second-order valence-corrected chi connectivity index (χ2v) is 11.0. The van der Waals surface area contributed by atoms with Crippen LogP contribution < -0.4 is 20.4 Å². The second kappa shape index (κ2) is 11.2. The monoisotopic (exact) mass is 599 g/mol. The number of carbonyl (C=O) groups is 3. The van der Waals surface area contributed by atoms with E-state index in [-0.39, 0.29) is 28.7 Å². The lowest BCUT2D eigenvalue weighted by Crippen LogP contribution is -2.55. The summed E-state index contributed by atoms with van der Waals surface area (Å²) in [6, 6.07) is 8.62. The number of urea groups is 1. The molecule has 5 rings (SSSR count). The number of amides is 4. The molecule has 1 aromatic carbocycles. The Bertz CT molecular complexity index is 1460. The maximum Gasteiger partial charge on any atom is 0.419 e. The Morgan fingerprint density at radius 2 is 1.83 bits per heavy atom. The van der Waals surface area contributed by atoms with E-state index in [2.05, 4.69) is 15.6 Å². The van der Waals surface area contributed by atoms with Gasteiger partial charge in [-0.15, -0.1) is 0 Å². The summed E-state index contributed by atoms with van der Waals surface area (Å²) in [4.78, 5) is 46.3. The van der Waals surface area contributed by atoms with Crippen molar-refractivity contribution in [2.45, 2.75) is 43.8 Å². The van der Waals surface area contributed by atoms with Crippen molar-refractivity contribution < 1.29 is 27.6 Å². The van der Waals surface area contributed by atoms with Crippen LogP contribution in [0.25, 0.3) is 0 Å². The fourth-order valence-corrected chi connectivity index (χ4v) is 6.16. The van der Waals surface area contributed by atoms with Crippen molar-refractivity contribution in [3.05, 3.63) is 53.3 Å². The molecule has 0 atom stereocenters. The van der Waals surface area contributed by atoms with Crippen LogP contribution in [0.2, 0.25) is 0 Å². The highest BCUT2D eigenvalue weighted by Gasteiger charge is 2.59. The summed E-state index contributed by atoms with van der Waals surface area (Å²) in [5.74, 6) is -0.470. The van der Waals surface area contributed by atoms with Gasteiger partial charge in [0.05, 0.1) is 17.4 Å². The minimum atomic E-state index is -4.84. The van der Waals surface area contributed by atoms with Gasteiger partial charge >= 0.3 is 12.2 Å². The van der Waals surface area contributed by atoms with Crippen molar-refractivity contribution in [3.63, 3.8) is 0 Å². The average Bonchev–Trinajstić information content (AvgIpc) is 3.21. The number of piperidine rings is 1. The van der Waals surface area contributed by atoms with Crippen LogP contribution in [0, 0.1) is 17.2 Å². The van der Waals surface area contributed by atoms with Crippen LogP contribution >= 0.6 is 12.2 Å². The van der Waals surface area contributed by atoms with E-state index >= 15 is 0 Å². The molecule has 2 N–H and O–H groups in total. The Kier molecular flexibility index (Phi) is 7.80. The molecule has 3 aliphatic rings. The highest BCUT2D eigenvalue weighted by molar-refractivity contribution is 7.81. The summed E-state index contributed by atoms with van der Waals surface area (Å²) in [7, 11) is 1.59. The highest BCUT2D eigenvalue weighted by Crippen LogP contribution is 2.48. The molecule has 2 saturated heterocycles. The third-order valence-electron chi connectivity index (χ3n) is 8.19. The molecule has 0 bridgehead atoms. The number of likely N-dealkylation sites (tertiary alicyclic amines) is 1. The van der Waals surface area contributed by atoms with Gasteiger partial charge in [-0.2, -0.15) is 18.4 Å². The third kappa shape index (κ3) is 5.13. The lowest BCUT2D eigenvalue weighted by Gasteiger charge is -2.43. The van der Waals surface area contributed by atoms with E-state index in [1.807, 2.05) is 0 Å². The number of anilines is 2. The zero-order valence-corrected chi connectivity index (χ0v) is 23.5. The molecule has 42 heavy (non-hydrogen) atoms. The molecule has 0 radical (unpaired) electrons. The number of aromatic nitrogens is 1. The average molecular weight is 600 g/mol. The summed E-state index contributed by atoms with van der Waals surface area (Å²) in [5.41, 5.74) is -2.30. The Morgan fingerprint density at radius 1 is 1.17 bits per heavy atom. The number of alkyl halides is 3. The molecular weight excluding hydrogens is 571 g/mol. The Hall–Kier alpha value is -4.25. The van der Waals surface area contributed by atoms with Crippen LogP contribution in [0.15, 0.2) is 36.5 Å². The largest absolute Gasteiger partial charge is 0.419 e. The number of benzene rings is 1. The van der Waals surface area contributed by atoms with Crippen LogP contribution in [0.4, 0.5) is 29.3 Å². The van der Waals surface area contributed by atoms with Gasteiger partial charge in [-0.25, -0.2) is 9.78 Å². The second-order valence-electron chi connectivity index (χ2n) is 10.6. The molecule has 2 aliphatic heterocycles. The number of thiocarbonyl (C=S) groups is 1. The quantitative estimate of drug-likeness (QED) is 0.502. The zero-order chi connectivity index (χ0) is 30.2. The molecule has 1 aliphatic carbocycles. The number of pyridine rings is 1. The fraction of sp³-hybridized carbons (Fsp3) is 0.429. The lowest BCUT2D eigenvalue weighted by atomic mass is 9.75. The standard InChI is InChI=1S/C28H28F3N7O3S/c1-33-25(41)36-11-7-17(8-12-36)15-35-23(39)18-3-5-19(6-4-18)38-26(42)37(24(40)27(38)9-2-10-27)20-13-21(28(29,30)31)22(14-32)34-16-20/h3-6,13,16-17H,2,7-12,15H2,1H3,(H,33,41)(H,35,39). The maximum atomic E-state index is 13.6.